The number of thioether (sulfide) groups is 1. The first-order valence-corrected chi connectivity index (χ1v) is 10.9. The Morgan fingerprint density at radius 1 is 1.06 bits per heavy atom. The molecule has 0 saturated carbocycles. The Balaban J connectivity index is 1.57. The molecule has 31 heavy (non-hydrogen) atoms. The Morgan fingerprint density at radius 3 is 2.52 bits per heavy atom. The number of benzene rings is 3. The lowest BCUT2D eigenvalue weighted by Crippen LogP contribution is -2.14. The SMILES string of the molecule is Cc1ccc(NC(=O)CSc2nnc(-c3ccc(O)cc3)n2-c2ccccc2)cc1Cl. The number of carbonyl (C=O) groups excluding carboxylic acids is 1. The van der Waals surface area contributed by atoms with Crippen molar-refractivity contribution >= 4 is 35.0 Å². The zero-order valence-corrected chi connectivity index (χ0v) is 18.2. The number of rotatable bonds is 6. The largest absolute Gasteiger partial charge is 0.508 e. The molecule has 2 N–H and O–H groups in total. The molecule has 4 aromatic rings. The summed E-state index contributed by atoms with van der Waals surface area (Å²) in [6.07, 6.45) is 0. The van der Waals surface area contributed by atoms with Crippen LogP contribution in [0.2, 0.25) is 5.02 Å². The van der Waals surface area contributed by atoms with Crippen molar-refractivity contribution in [3.8, 4) is 22.8 Å². The summed E-state index contributed by atoms with van der Waals surface area (Å²) in [6.45, 7) is 1.91. The summed E-state index contributed by atoms with van der Waals surface area (Å²) in [5, 5.41) is 22.3. The van der Waals surface area contributed by atoms with Gasteiger partial charge in [-0.2, -0.15) is 0 Å². The third kappa shape index (κ3) is 4.90. The van der Waals surface area contributed by atoms with Gasteiger partial charge in [0, 0.05) is 22.0 Å². The molecule has 0 saturated heterocycles. The van der Waals surface area contributed by atoms with E-state index < -0.39 is 0 Å². The molecule has 156 valence electrons. The molecule has 0 spiro atoms. The average Bonchev–Trinajstić information content (AvgIpc) is 3.20. The first-order chi connectivity index (χ1) is 15.0. The molecule has 1 amide bonds. The van der Waals surface area contributed by atoms with Crippen LogP contribution >= 0.6 is 23.4 Å². The Bertz CT molecular complexity index is 1210. The number of carbonyl (C=O) groups is 1. The van der Waals surface area contributed by atoms with Crippen molar-refractivity contribution in [3.05, 3.63) is 83.4 Å². The quantitative estimate of drug-likeness (QED) is 0.388. The van der Waals surface area contributed by atoms with Crippen LogP contribution in [0, 0.1) is 6.92 Å². The molecule has 0 aliphatic rings. The van der Waals surface area contributed by atoms with Gasteiger partial charge < -0.3 is 10.4 Å². The number of nitrogens with zero attached hydrogens (tertiary/aromatic N) is 3. The summed E-state index contributed by atoms with van der Waals surface area (Å²) >= 11 is 7.43. The zero-order valence-electron chi connectivity index (χ0n) is 16.6. The van der Waals surface area contributed by atoms with Gasteiger partial charge >= 0.3 is 0 Å². The van der Waals surface area contributed by atoms with Gasteiger partial charge in [0.25, 0.3) is 0 Å². The van der Waals surface area contributed by atoms with Gasteiger partial charge in [-0.1, -0.05) is 47.6 Å². The first-order valence-electron chi connectivity index (χ1n) is 9.50. The van der Waals surface area contributed by atoms with Crippen molar-refractivity contribution in [2.75, 3.05) is 11.1 Å². The van der Waals surface area contributed by atoms with Crippen molar-refractivity contribution in [2.24, 2.45) is 0 Å². The molecular formula is C23H19ClN4O2S. The van der Waals surface area contributed by atoms with Gasteiger partial charge in [0.2, 0.25) is 5.91 Å². The smallest absolute Gasteiger partial charge is 0.234 e. The Hall–Kier alpha value is -3.29. The van der Waals surface area contributed by atoms with E-state index in [1.165, 1.54) is 11.8 Å². The molecule has 1 aromatic heterocycles. The van der Waals surface area contributed by atoms with E-state index in [0.717, 1.165) is 16.8 Å². The second-order valence-electron chi connectivity index (χ2n) is 6.82. The van der Waals surface area contributed by atoms with E-state index in [1.807, 2.05) is 54.0 Å². The number of nitrogens with one attached hydrogen (secondary N) is 1. The number of para-hydroxylation sites is 1. The van der Waals surface area contributed by atoms with Gasteiger partial charge in [0.1, 0.15) is 5.75 Å². The maximum absolute atomic E-state index is 12.5. The molecule has 0 aliphatic carbocycles. The molecular weight excluding hydrogens is 432 g/mol. The Kier molecular flexibility index (Phi) is 6.25. The van der Waals surface area contributed by atoms with Crippen LogP contribution in [-0.4, -0.2) is 31.5 Å². The van der Waals surface area contributed by atoms with E-state index in [4.69, 9.17) is 11.6 Å². The highest BCUT2D eigenvalue weighted by molar-refractivity contribution is 7.99. The van der Waals surface area contributed by atoms with E-state index >= 15 is 0 Å². The molecule has 8 heteroatoms. The number of halogens is 1. The molecule has 0 aliphatic heterocycles. The number of aromatic hydroxyl groups is 1. The van der Waals surface area contributed by atoms with Gasteiger partial charge in [0.15, 0.2) is 11.0 Å². The normalized spacial score (nSPS) is 10.8. The fraction of sp³-hybridized carbons (Fsp3) is 0.0870. The lowest BCUT2D eigenvalue weighted by atomic mass is 10.2. The predicted octanol–water partition coefficient (Wildman–Crippen LogP) is 5.33. The van der Waals surface area contributed by atoms with Crippen molar-refractivity contribution in [2.45, 2.75) is 12.1 Å². The van der Waals surface area contributed by atoms with Crippen LogP contribution in [0.25, 0.3) is 17.1 Å². The fourth-order valence-corrected chi connectivity index (χ4v) is 3.90. The standard InChI is InChI=1S/C23H19ClN4O2S/c1-15-7-10-17(13-20(15)24)25-21(30)14-31-23-27-26-22(16-8-11-19(29)12-9-16)28(23)18-5-3-2-4-6-18/h2-13,29H,14H2,1H3,(H,25,30). The monoisotopic (exact) mass is 450 g/mol. The van der Waals surface area contributed by atoms with Crippen LogP contribution < -0.4 is 5.32 Å². The number of hydrogen-bond acceptors (Lipinski definition) is 5. The second-order valence-corrected chi connectivity index (χ2v) is 8.17. The highest BCUT2D eigenvalue weighted by Gasteiger charge is 2.17. The van der Waals surface area contributed by atoms with Gasteiger partial charge in [-0.25, -0.2) is 0 Å². The summed E-state index contributed by atoms with van der Waals surface area (Å²) in [4.78, 5) is 12.5. The third-order valence-corrected chi connectivity index (χ3v) is 5.90. The fourth-order valence-electron chi connectivity index (χ4n) is 2.97. The minimum atomic E-state index is -0.168. The Morgan fingerprint density at radius 2 is 1.81 bits per heavy atom. The van der Waals surface area contributed by atoms with Gasteiger partial charge in [0.05, 0.1) is 5.75 Å². The van der Waals surface area contributed by atoms with Gasteiger partial charge in [-0.3, -0.25) is 9.36 Å². The summed E-state index contributed by atoms with van der Waals surface area (Å²) < 4.78 is 1.90. The summed E-state index contributed by atoms with van der Waals surface area (Å²) in [5.74, 6) is 0.793. The molecule has 0 atom stereocenters. The Labute approximate surface area is 188 Å². The third-order valence-electron chi connectivity index (χ3n) is 4.56. The number of phenolic OH excluding ortho intramolecular Hbond substituents is 1. The lowest BCUT2D eigenvalue weighted by Gasteiger charge is -2.11. The first kappa shape index (κ1) is 21.0. The van der Waals surface area contributed by atoms with Crippen LogP contribution in [0.5, 0.6) is 5.75 Å². The van der Waals surface area contributed by atoms with E-state index in [-0.39, 0.29) is 17.4 Å². The summed E-state index contributed by atoms with van der Waals surface area (Å²) in [6, 6.07) is 21.9. The summed E-state index contributed by atoms with van der Waals surface area (Å²) in [7, 11) is 0. The molecule has 1 heterocycles. The average molecular weight is 451 g/mol. The molecule has 4 rings (SSSR count). The van der Waals surface area contributed by atoms with E-state index in [2.05, 4.69) is 15.5 Å². The maximum Gasteiger partial charge on any atom is 0.234 e. The van der Waals surface area contributed by atoms with Crippen LogP contribution in [0.3, 0.4) is 0 Å². The minimum Gasteiger partial charge on any atom is -0.508 e. The number of aryl methyl sites for hydroxylation is 1. The molecule has 0 bridgehead atoms. The lowest BCUT2D eigenvalue weighted by molar-refractivity contribution is -0.113. The van der Waals surface area contributed by atoms with Crippen LogP contribution in [-0.2, 0) is 4.79 Å². The highest BCUT2D eigenvalue weighted by Crippen LogP contribution is 2.29. The second kappa shape index (κ2) is 9.24. The number of aromatic nitrogens is 3. The van der Waals surface area contributed by atoms with E-state index in [9.17, 15) is 9.90 Å². The maximum atomic E-state index is 12.5. The molecule has 0 fully saturated rings. The number of hydrogen-bond donors (Lipinski definition) is 2. The van der Waals surface area contributed by atoms with E-state index in [1.54, 1.807) is 30.3 Å². The summed E-state index contributed by atoms with van der Waals surface area (Å²) in [5.41, 5.74) is 3.28. The minimum absolute atomic E-state index is 0.159. The van der Waals surface area contributed by atoms with Crippen molar-refractivity contribution in [1.82, 2.24) is 14.8 Å². The number of anilines is 1. The van der Waals surface area contributed by atoms with Crippen LogP contribution in [0.15, 0.2) is 78.0 Å². The highest BCUT2D eigenvalue weighted by atomic mass is 35.5. The van der Waals surface area contributed by atoms with Crippen molar-refractivity contribution in [3.63, 3.8) is 0 Å². The van der Waals surface area contributed by atoms with Crippen LogP contribution in [0.1, 0.15) is 5.56 Å². The van der Waals surface area contributed by atoms with Crippen molar-refractivity contribution in [1.29, 1.82) is 0 Å². The van der Waals surface area contributed by atoms with Crippen molar-refractivity contribution < 1.29 is 9.90 Å². The molecule has 6 nitrogen and oxygen atoms in total. The number of phenols is 1. The van der Waals surface area contributed by atoms with Crippen LogP contribution in [0.4, 0.5) is 5.69 Å². The molecule has 3 aromatic carbocycles. The zero-order chi connectivity index (χ0) is 21.8. The topological polar surface area (TPSA) is 80.0 Å². The number of amides is 1. The van der Waals surface area contributed by atoms with E-state index in [0.29, 0.717) is 21.7 Å². The van der Waals surface area contributed by atoms with Gasteiger partial charge in [-0.15, -0.1) is 10.2 Å². The van der Waals surface area contributed by atoms with Gasteiger partial charge in [-0.05, 0) is 61.0 Å². The molecule has 0 unspecified atom stereocenters. The molecule has 0 radical (unpaired) electrons. The predicted molar refractivity (Wildman–Crippen MR) is 124 cm³/mol.